The highest BCUT2D eigenvalue weighted by Gasteiger charge is 2.29. The van der Waals surface area contributed by atoms with E-state index in [9.17, 15) is 13.2 Å². The summed E-state index contributed by atoms with van der Waals surface area (Å²) in [6.07, 6.45) is 0. The van der Waals surface area contributed by atoms with Crippen LogP contribution in [0.15, 0.2) is 51.8 Å². The molecule has 1 aliphatic rings. The third-order valence-corrected chi connectivity index (χ3v) is 6.50. The predicted molar refractivity (Wildman–Crippen MR) is 123 cm³/mol. The highest BCUT2D eigenvalue weighted by atomic mass is 32.2. The van der Waals surface area contributed by atoms with Crippen LogP contribution in [-0.4, -0.2) is 58.7 Å². The number of amides is 1. The highest BCUT2D eigenvalue weighted by Crippen LogP contribution is 2.35. The Hall–Kier alpha value is -3.24. The summed E-state index contributed by atoms with van der Waals surface area (Å²) in [5, 5.41) is 0.494. The second-order valence-corrected chi connectivity index (χ2v) is 8.97. The fourth-order valence-corrected chi connectivity index (χ4v) is 4.70. The number of anilines is 1. The Morgan fingerprint density at radius 2 is 1.73 bits per heavy atom. The van der Waals surface area contributed by atoms with Gasteiger partial charge in [-0.25, -0.2) is 8.42 Å². The van der Waals surface area contributed by atoms with E-state index < -0.39 is 15.9 Å². The Bertz CT molecular complexity index is 1250. The first-order valence-electron chi connectivity index (χ1n) is 10.8. The lowest BCUT2D eigenvalue weighted by molar-refractivity contribution is 0.0285. The number of sulfonamides is 1. The fraction of sp³-hybridized carbons (Fsp3) is 0.348. The second-order valence-electron chi connectivity index (χ2n) is 7.29. The normalized spacial score (nSPS) is 14.3. The molecule has 10 heteroatoms. The highest BCUT2D eigenvalue weighted by molar-refractivity contribution is 7.92. The van der Waals surface area contributed by atoms with Gasteiger partial charge >= 0.3 is 0 Å². The molecule has 1 amide bonds. The van der Waals surface area contributed by atoms with E-state index in [4.69, 9.17) is 18.6 Å². The monoisotopic (exact) mass is 474 g/mol. The van der Waals surface area contributed by atoms with Crippen LogP contribution in [-0.2, 0) is 14.8 Å². The fourth-order valence-electron chi connectivity index (χ4n) is 3.60. The van der Waals surface area contributed by atoms with Gasteiger partial charge in [0.05, 0.1) is 31.3 Å². The maximum atomic E-state index is 13.3. The molecular weight excluding hydrogens is 448 g/mol. The van der Waals surface area contributed by atoms with Gasteiger partial charge in [-0.2, -0.15) is 0 Å². The van der Waals surface area contributed by atoms with Crippen LogP contribution in [0, 0.1) is 0 Å². The smallest absolute Gasteiger partial charge is 0.291 e. The lowest BCUT2D eigenvalue weighted by atomic mass is 10.2. The van der Waals surface area contributed by atoms with Crippen molar-refractivity contribution >= 4 is 32.6 Å². The van der Waals surface area contributed by atoms with Crippen LogP contribution >= 0.6 is 0 Å². The standard InChI is InChI=1S/C23H26N2O7S/c1-3-30-19-10-9-16(15-20(19)31-4-2)33(27,28)24-21-17-7-5-6-8-18(17)32-22(21)23(26)25-11-13-29-14-12-25/h5-10,15,24H,3-4,11-14H2,1-2H3. The summed E-state index contributed by atoms with van der Waals surface area (Å²) >= 11 is 0. The summed E-state index contributed by atoms with van der Waals surface area (Å²) in [7, 11) is -4.07. The summed E-state index contributed by atoms with van der Waals surface area (Å²) in [5.74, 6) is 0.325. The van der Waals surface area contributed by atoms with E-state index in [0.717, 1.165) is 0 Å². The minimum absolute atomic E-state index is 0.0237. The molecule has 1 fully saturated rings. The molecule has 1 N–H and O–H groups in total. The molecule has 2 aromatic carbocycles. The predicted octanol–water partition coefficient (Wildman–Crippen LogP) is 3.50. The zero-order valence-electron chi connectivity index (χ0n) is 18.5. The average Bonchev–Trinajstić information content (AvgIpc) is 3.18. The van der Waals surface area contributed by atoms with Crippen molar-refractivity contribution in [3.05, 3.63) is 48.2 Å². The largest absolute Gasteiger partial charge is 0.490 e. The molecule has 0 spiro atoms. The van der Waals surface area contributed by atoms with Crippen LogP contribution < -0.4 is 14.2 Å². The molecule has 1 saturated heterocycles. The van der Waals surface area contributed by atoms with Crippen molar-refractivity contribution in [2.45, 2.75) is 18.7 Å². The van der Waals surface area contributed by atoms with Crippen LogP contribution in [0.5, 0.6) is 11.5 Å². The van der Waals surface area contributed by atoms with Gasteiger partial charge in [0, 0.05) is 24.5 Å². The van der Waals surface area contributed by atoms with Gasteiger partial charge in [-0.15, -0.1) is 0 Å². The minimum Gasteiger partial charge on any atom is -0.490 e. The molecule has 0 radical (unpaired) electrons. The second kappa shape index (κ2) is 9.72. The maximum Gasteiger partial charge on any atom is 0.291 e. The Morgan fingerprint density at radius 1 is 1.03 bits per heavy atom. The number of carbonyl (C=O) groups is 1. The van der Waals surface area contributed by atoms with Gasteiger partial charge in [-0.3, -0.25) is 9.52 Å². The molecule has 1 aliphatic heterocycles. The maximum absolute atomic E-state index is 13.3. The number of rotatable bonds is 8. The number of hydrogen-bond acceptors (Lipinski definition) is 7. The van der Waals surface area contributed by atoms with Crippen molar-refractivity contribution in [1.29, 1.82) is 0 Å². The number of carbonyl (C=O) groups excluding carboxylic acids is 1. The van der Waals surface area contributed by atoms with Gasteiger partial charge in [0.25, 0.3) is 15.9 Å². The summed E-state index contributed by atoms with van der Waals surface area (Å²) in [4.78, 5) is 14.7. The average molecular weight is 475 g/mol. The number of furan rings is 1. The van der Waals surface area contributed by atoms with Crippen molar-refractivity contribution in [3.63, 3.8) is 0 Å². The summed E-state index contributed by atoms with van der Waals surface area (Å²) in [5.41, 5.74) is 0.516. The van der Waals surface area contributed by atoms with Crippen LogP contribution in [0.1, 0.15) is 24.4 Å². The Morgan fingerprint density at radius 3 is 2.45 bits per heavy atom. The third kappa shape index (κ3) is 4.76. The first-order chi connectivity index (χ1) is 15.9. The van der Waals surface area contributed by atoms with Gasteiger partial charge in [-0.1, -0.05) is 12.1 Å². The molecule has 1 aromatic heterocycles. The van der Waals surface area contributed by atoms with E-state index in [1.807, 2.05) is 6.92 Å². The number of ether oxygens (including phenoxy) is 3. The van der Waals surface area contributed by atoms with Crippen LogP contribution in [0.4, 0.5) is 5.69 Å². The number of morpholine rings is 1. The van der Waals surface area contributed by atoms with Gasteiger partial charge in [0.2, 0.25) is 5.76 Å². The molecule has 3 aromatic rings. The summed E-state index contributed by atoms with van der Waals surface area (Å²) in [6, 6.07) is 11.3. The molecule has 0 unspecified atom stereocenters. The molecule has 0 atom stereocenters. The topological polar surface area (TPSA) is 107 Å². The van der Waals surface area contributed by atoms with Crippen molar-refractivity contribution in [1.82, 2.24) is 4.90 Å². The molecule has 9 nitrogen and oxygen atoms in total. The van der Waals surface area contributed by atoms with Crippen molar-refractivity contribution in [3.8, 4) is 11.5 Å². The number of para-hydroxylation sites is 1. The molecular formula is C23H26N2O7S. The minimum atomic E-state index is -4.07. The molecule has 0 saturated carbocycles. The van der Waals surface area contributed by atoms with Crippen molar-refractivity contribution in [2.24, 2.45) is 0 Å². The molecule has 2 heterocycles. The van der Waals surface area contributed by atoms with E-state index in [1.54, 1.807) is 42.2 Å². The molecule has 0 aliphatic carbocycles. The van der Waals surface area contributed by atoms with E-state index in [-0.39, 0.29) is 16.3 Å². The van der Waals surface area contributed by atoms with Gasteiger partial charge in [0.15, 0.2) is 11.5 Å². The van der Waals surface area contributed by atoms with E-state index in [1.165, 1.54) is 12.1 Å². The summed E-state index contributed by atoms with van der Waals surface area (Å²) in [6.45, 7) is 6.03. The molecule has 176 valence electrons. The van der Waals surface area contributed by atoms with Crippen molar-refractivity contribution in [2.75, 3.05) is 44.2 Å². The molecule has 33 heavy (non-hydrogen) atoms. The number of hydrogen-bond donors (Lipinski definition) is 1. The van der Waals surface area contributed by atoms with Crippen LogP contribution in [0.3, 0.4) is 0 Å². The zero-order valence-corrected chi connectivity index (χ0v) is 19.3. The van der Waals surface area contributed by atoms with Gasteiger partial charge in [0.1, 0.15) is 11.3 Å². The van der Waals surface area contributed by atoms with E-state index in [0.29, 0.717) is 62.0 Å². The number of fused-ring (bicyclic) bond motifs is 1. The first kappa shape index (κ1) is 22.9. The van der Waals surface area contributed by atoms with Crippen LogP contribution in [0.2, 0.25) is 0 Å². The quantitative estimate of drug-likeness (QED) is 0.532. The van der Waals surface area contributed by atoms with E-state index >= 15 is 0 Å². The Labute approximate surface area is 192 Å². The third-order valence-electron chi connectivity index (χ3n) is 5.15. The Balaban J connectivity index is 1.73. The first-order valence-corrected chi connectivity index (χ1v) is 12.2. The van der Waals surface area contributed by atoms with E-state index in [2.05, 4.69) is 4.72 Å². The number of nitrogens with zero attached hydrogens (tertiary/aromatic N) is 1. The molecule has 4 rings (SSSR count). The lowest BCUT2D eigenvalue weighted by Gasteiger charge is -2.26. The van der Waals surface area contributed by atoms with Crippen molar-refractivity contribution < 1.29 is 31.8 Å². The zero-order chi connectivity index (χ0) is 23.4. The van der Waals surface area contributed by atoms with Gasteiger partial charge in [-0.05, 0) is 38.1 Å². The van der Waals surface area contributed by atoms with Gasteiger partial charge < -0.3 is 23.5 Å². The molecule has 0 bridgehead atoms. The number of benzene rings is 2. The van der Waals surface area contributed by atoms with Crippen LogP contribution in [0.25, 0.3) is 11.0 Å². The summed E-state index contributed by atoms with van der Waals surface area (Å²) < 4.78 is 51.4. The Kier molecular flexibility index (Phi) is 6.75. The lowest BCUT2D eigenvalue weighted by Crippen LogP contribution is -2.40. The SMILES string of the molecule is CCOc1ccc(S(=O)(=O)Nc2c(C(=O)N3CCOCC3)oc3ccccc23)cc1OCC. The number of nitrogens with one attached hydrogen (secondary N) is 1.